The van der Waals surface area contributed by atoms with Crippen molar-refractivity contribution >= 4 is 5.91 Å². The molecule has 0 spiro atoms. The number of hydrogen-bond acceptors (Lipinski definition) is 2. The SMILES string of the molecule is CC(C)=CCC/C(C)=C/CC(/C=C(\C)CCC=C(C)C)CC(=O)N1CCN(CCC(C)C)CC1. The molecular weight excluding hydrogens is 416 g/mol. The smallest absolute Gasteiger partial charge is 0.223 e. The van der Waals surface area contributed by atoms with E-state index in [1.165, 1.54) is 28.7 Å². The average molecular weight is 471 g/mol. The molecule has 0 aromatic rings. The van der Waals surface area contributed by atoms with Crippen LogP contribution in [0.4, 0.5) is 0 Å². The van der Waals surface area contributed by atoms with E-state index in [0.29, 0.717) is 12.3 Å². The van der Waals surface area contributed by atoms with Crippen LogP contribution >= 0.6 is 0 Å². The first-order chi connectivity index (χ1) is 16.1. The van der Waals surface area contributed by atoms with Crippen molar-refractivity contribution in [3.63, 3.8) is 0 Å². The van der Waals surface area contributed by atoms with Crippen LogP contribution in [-0.4, -0.2) is 48.4 Å². The second kappa shape index (κ2) is 16.9. The van der Waals surface area contributed by atoms with Gasteiger partial charge in [-0.25, -0.2) is 0 Å². The minimum Gasteiger partial charge on any atom is -0.340 e. The number of piperazine rings is 1. The Labute approximate surface area is 212 Å². The highest BCUT2D eigenvalue weighted by atomic mass is 16.2. The van der Waals surface area contributed by atoms with Gasteiger partial charge < -0.3 is 4.90 Å². The zero-order chi connectivity index (χ0) is 25.5. The minimum atomic E-state index is 0.288. The zero-order valence-electron chi connectivity index (χ0n) is 23.8. The fraction of sp³-hybridized carbons (Fsp3) is 0.710. The highest BCUT2D eigenvalue weighted by Crippen LogP contribution is 2.21. The molecule has 34 heavy (non-hydrogen) atoms. The van der Waals surface area contributed by atoms with Crippen LogP contribution in [0.1, 0.15) is 100 Å². The van der Waals surface area contributed by atoms with Crippen LogP contribution in [0.3, 0.4) is 0 Å². The molecule has 0 bridgehead atoms. The van der Waals surface area contributed by atoms with E-state index >= 15 is 0 Å². The molecule has 0 aliphatic carbocycles. The molecule has 3 heteroatoms. The predicted molar refractivity (Wildman–Crippen MR) is 150 cm³/mol. The third-order valence-electron chi connectivity index (χ3n) is 6.66. The molecule has 1 unspecified atom stereocenters. The van der Waals surface area contributed by atoms with Crippen LogP contribution in [0.25, 0.3) is 0 Å². The Morgan fingerprint density at radius 3 is 1.88 bits per heavy atom. The first kappa shape index (κ1) is 30.4. The summed E-state index contributed by atoms with van der Waals surface area (Å²) in [7, 11) is 0. The monoisotopic (exact) mass is 470 g/mol. The second-order valence-electron chi connectivity index (χ2n) is 11.3. The molecule has 0 aromatic heterocycles. The molecule has 3 nitrogen and oxygen atoms in total. The van der Waals surface area contributed by atoms with E-state index in [2.05, 4.69) is 89.5 Å². The first-order valence-electron chi connectivity index (χ1n) is 13.7. The highest BCUT2D eigenvalue weighted by Gasteiger charge is 2.22. The molecule has 1 heterocycles. The Hall–Kier alpha value is -1.61. The molecule has 0 N–H and O–H groups in total. The maximum Gasteiger partial charge on any atom is 0.223 e. The van der Waals surface area contributed by atoms with Gasteiger partial charge in [-0.2, -0.15) is 0 Å². The van der Waals surface area contributed by atoms with E-state index in [1.807, 2.05) is 0 Å². The Balaban J connectivity index is 2.72. The molecule has 194 valence electrons. The van der Waals surface area contributed by atoms with Gasteiger partial charge in [0.2, 0.25) is 5.91 Å². The van der Waals surface area contributed by atoms with Crippen molar-refractivity contribution in [1.29, 1.82) is 0 Å². The van der Waals surface area contributed by atoms with Crippen LogP contribution in [-0.2, 0) is 4.79 Å². The third-order valence-corrected chi connectivity index (χ3v) is 6.66. The highest BCUT2D eigenvalue weighted by molar-refractivity contribution is 5.76. The standard InChI is InChI=1S/C31H54N2O/c1-25(2)11-9-13-28(7)15-16-30(23-29(8)14-10-12-26(3)4)24-31(34)33-21-19-32(20-22-33)18-17-27(5)6/h11-12,15,23,27,30H,9-10,13-14,16-22,24H2,1-8H3/b28-15+,29-23+. The molecule has 1 aliphatic rings. The molecule has 1 atom stereocenters. The maximum atomic E-state index is 13.2. The van der Waals surface area contributed by atoms with Gasteiger partial charge >= 0.3 is 0 Å². The average Bonchev–Trinajstić information content (AvgIpc) is 2.75. The topological polar surface area (TPSA) is 23.6 Å². The molecule has 0 saturated carbocycles. The molecule has 1 aliphatic heterocycles. The summed E-state index contributed by atoms with van der Waals surface area (Å²) in [6.07, 6.45) is 16.6. The fourth-order valence-electron chi connectivity index (χ4n) is 4.34. The zero-order valence-corrected chi connectivity index (χ0v) is 23.8. The quantitative estimate of drug-likeness (QED) is 0.240. The lowest BCUT2D eigenvalue weighted by molar-refractivity contribution is -0.133. The Kier molecular flexibility index (Phi) is 15.1. The van der Waals surface area contributed by atoms with Crippen molar-refractivity contribution in [2.45, 2.75) is 100 Å². The van der Waals surface area contributed by atoms with E-state index in [1.54, 1.807) is 0 Å². The van der Waals surface area contributed by atoms with Gasteiger partial charge in [0.05, 0.1) is 0 Å². The molecule has 1 saturated heterocycles. The predicted octanol–water partition coefficient (Wildman–Crippen LogP) is 7.96. The van der Waals surface area contributed by atoms with Gasteiger partial charge in [-0.15, -0.1) is 0 Å². The molecular formula is C31H54N2O. The first-order valence-corrected chi connectivity index (χ1v) is 13.7. The summed E-state index contributed by atoms with van der Waals surface area (Å²) in [5.74, 6) is 1.36. The summed E-state index contributed by atoms with van der Waals surface area (Å²) in [6.45, 7) is 22.6. The molecule has 0 aromatic carbocycles. The van der Waals surface area contributed by atoms with Crippen molar-refractivity contribution < 1.29 is 4.79 Å². The molecule has 1 amide bonds. The van der Waals surface area contributed by atoms with Crippen molar-refractivity contribution in [3.8, 4) is 0 Å². The lowest BCUT2D eigenvalue weighted by Crippen LogP contribution is -2.49. The van der Waals surface area contributed by atoms with Crippen LogP contribution in [0.2, 0.25) is 0 Å². The van der Waals surface area contributed by atoms with Crippen LogP contribution in [0.5, 0.6) is 0 Å². The summed E-state index contributed by atoms with van der Waals surface area (Å²) in [5.41, 5.74) is 5.60. The van der Waals surface area contributed by atoms with Gasteiger partial charge in [0, 0.05) is 32.6 Å². The van der Waals surface area contributed by atoms with E-state index in [0.717, 1.165) is 70.7 Å². The Morgan fingerprint density at radius 1 is 0.794 bits per heavy atom. The number of carbonyl (C=O) groups is 1. The maximum absolute atomic E-state index is 13.2. The number of nitrogens with zero attached hydrogens (tertiary/aromatic N) is 2. The van der Waals surface area contributed by atoms with Crippen molar-refractivity contribution in [3.05, 3.63) is 46.6 Å². The van der Waals surface area contributed by atoms with Crippen LogP contribution in [0, 0.1) is 11.8 Å². The molecule has 1 rings (SSSR count). The van der Waals surface area contributed by atoms with Gasteiger partial charge in [-0.3, -0.25) is 9.69 Å². The van der Waals surface area contributed by atoms with E-state index < -0.39 is 0 Å². The van der Waals surface area contributed by atoms with Crippen molar-refractivity contribution in [1.82, 2.24) is 9.80 Å². The summed E-state index contributed by atoms with van der Waals surface area (Å²) in [4.78, 5) is 17.8. The van der Waals surface area contributed by atoms with Gasteiger partial charge in [-0.05, 0) is 98.4 Å². The molecule has 1 fully saturated rings. The molecule has 0 radical (unpaired) electrons. The van der Waals surface area contributed by atoms with Crippen LogP contribution < -0.4 is 0 Å². The number of carbonyl (C=O) groups excluding carboxylic acids is 1. The van der Waals surface area contributed by atoms with Gasteiger partial charge in [-0.1, -0.05) is 60.4 Å². The summed E-state index contributed by atoms with van der Waals surface area (Å²) >= 11 is 0. The van der Waals surface area contributed by atoms with Crippen molar-refractivity contribution in [2.75, 3.05) is 32.7 Å². The Bertz CT molecular complexity index is 710. The van der Waals surface area contributed by atoms with E-state index in [4.69, 9.17) is 0 Å². The largest absolute Gasteiger partial charge is 0.340 e. The summed E-state index contributed by atoms with van der Waals surface area (Å²) < 4.78 is 0. The van der Waals surface area contributed by atoms with Gasteiger partial charge in [0.1, 0.15) is 0 Å². The van der Waals surface area contributed by atoms with Gasteiger partial charge in [0.15, 0.2) is 0 Å². The Morgan fingerprint density at radius 2 is 1.35 bits per heavy atom. The summed E-state index contributed by atoms with van der Waals surface area (Å²) in [6, 6.07) is 0. The van der Waals surface area contributed by atoms with Crippen LogP contribution in [0.15, 0.2) is 46.6 Å². The number of amides is 1. The van der Waals surface area contributed by atoms with Gasteiger partial charge in [0.25, 0.3) is 0 Å². The van der Waals surface area contributed by atoms with Crippen molar-refractivity contribution in [2.24, 2.45) is 11.8 Å². The second-order valence-corrected chi connectivity index (χ2v) is 11.3. The number of allylic oxidation sites excluding steroid dienone is 8. The lowest BCUT2D eigenvalue weighted by atomic mass is 9.94. The minimum absolute atomic E-state index is 0.288. The lowest BCUT2D eigenvalue weighted by Gasteiger charge is -2.35. The fourth-order valence-corrected chi connectivity index (χ4v) is 4.34. The number of rotatable bonds is 14. The third kappa shape index (κ3) is 14.6. The van der Waals surface area contributed by atoms with E-state index in [9.17, 15) is 4.79 Å². The van der Waals surface area contributed by atoms with E-state index in [-0.39, 0.29) is 5.92 Å². The normalized spacial score (nSPS) is 16.6. The summed E-state index contributed by atoms with van der Waals surface area (Å²) in [5, 5.41) is 0. The number of hydrogen-bond donors (Lipinski definition) is 0.